The van der Waals surface area contributed by atoms with Crippen molar-refractivity contribution in [1.82, 2.24) is 9.88 Å². The van der Waals surface area contributed by atoms with Crippen LogP contribution in [0.5, 0.6) is 5.75 Å². The highest BCUT2D eigenvalue weighted by atomic mass is 16.5. The molecular formula is C22H24N2O3. The van der Waals surface area contributed by atoms with Gasteiger partial charge in [0.15, 0.2) is 0 Å². The van der Waals surface area contributed by atoms with Crippen molar-refractivity contribution in [3.8, 4) is 5.75 Å². The van der Waals surface area contributed by atoms with Crippen LogP contribution in [0.25, 0.3) is 10.9 Å². The first kappa shape index (κ1) is 18.7. The van der Waals surface area contributed by atoms with Crippen molar-refractivity contribution in [2.24, 2.45) is 0 Å². The smallest absolute Gasteiger partial charge is 0.257 e. The predicted molar refractivity (Wildman–Crippen MR) is 107 cm³/mol. The molecule has 1 N–H and O–H groups in total. The van der Waals surface area contributed by atoms with Gasteiger partial charge in [-0.05, 0) is 50.6 Å². The van der Waals surface area contributed by atoms with E-state index in [1.807, 2.05) is 67.8 Å². The normalized spacial score (nSPS) is 12.0. The lowest BCUT2D eigenvalue weighted by Gasteiger charge is -2.16. The van der Waals surface area contributed by atoms with Gasteiger partial charge in [-0.1, -0.05) is 23.8 Å². The molecule has 3 aromatic rings. The lowest BCUT2D eigenvalue weighted by atomic mass is 10.1. The molecule has 140 valence electrons. The maximum absolute atomic E-state index is 12.9. The zero-order valence-corrected chi connectivity index (χ0v) is 16.1. The molecule has 0 unspecified atom stereocenters. The van der Waals surface area contributed by atoms with Crippen LogP contribution in [0.4, 0.5) is 0 Å². The van der Waals surface area contributed by atoms with Gasteiger partial charge in [-0.15, -0.1) is 0 Å². The van der Waals surface area contributed by atoms with Crippen LogP contribution >= 0.6 is 0 Å². The maximum atomic E-state index is 12.9. The Labute approximate surface area is 158 Å². The topological polar surface area (TPSA) is 60.3 Å². The van der Waals surface area contributed by atoms with E-state index in [4.69, 9.17) is 4.74 Å². The van der Waals surface area contributed by atoms with E-state index in [-0.39, 0.29) is 22.9 Å². The molecule has 0 saturated carbocycles. The lowest BCUT2D eigenvalue weighted by Crippen LogP contribution is -2.31. The second-order valence-electron chi connectivity index (χ2n) is 6.65. The average Bonchev–Trinajstić information content (AvgIpc) is 2.68. The molecule has 0 aliphatic heterocycles. The number of pyridine rings is 1. The molecular weight excluding hydrogens is 340 g/mol. The van der Waals surface area contributed by atoms with Crippen LogP contribution in [0.3, 0.4) is 0 Å². The van der Waals surface area contributed by atoms with Gasteiger partial charge in [0.2, 0.25) is 5.43 Å². The Morgan fingerprint density at radius 2 is 1.89 bits per heavy atom. The highest BCUT2D eigenvalue weighted by Gasteiger charge is 2.17. The molecule has 0 radical (unpaired) electrons. The predicted octanol–water partition coefficient (Wildman–Crippen LogP) is 3.83. The Balaban J connectivity index is 1.95. The summed E-state index contributed by atoms with van der Waals surface area (Å²) in [4.78, 5) is 25.7. The van der Waals surface area contributed by atoms with Crippen LogP contribution in [0, 0.1) is 6.92 Å². The van der Waals surface area contributed by atoms with Gasteiger partial charge in [0.25, 0.3) is 5.91 Å². The lowest BCUT2D eigenvalue weighted by molar-refractivity contribution is 0.0938. The van der Waals surface area contributed by atoms with E-state index in [0.29, 0.717) is 11.9 Å². The van der Waals surface area contributed by atoms with E-state index in [1.54, 1.807) is 13.3 Å². The molecule has 5 heteroatoms. The molecule has 5 nitrogen and oxygen atoms in total. The summed E-state index contributed by atoms with van der Waals surface area (Å²) < 4.78 is 7.09. The van der Waals surface area contributed by atoms with Gasteiger partial charge >= 0.3 is 0 Å². The number of aryl methyl sites for hydroxylation is 2. The summed E-state index contributed by atoms with van der Waals surface area (Å²) in [5.41, 5.74) is 2.70. The summed E-state index contributed by atoms with van der Waals surface area (Å²) in [7, 11) is 1.61. The fourth-order valence-corrected chi connectivity index (χ4v) is 3.18. The molecule has 3 rings (SSSR count). The molecule has 0 saturated heterocycles. The Bertz CT molecular complexity index is 1040. The zero-order valence-electron chi connectivity index (χ0n) is 16.1. The molecule has 0 fully saturated rings. The van der Waals surface area contributed by atoms with Crippen molar-refractivity contribution < 1.29 is 9.53 Å². The number of fused-ring (bicyclic) bond motifs is 1. The molecule has 1 aromatic heterocycles. The number of benzene rings is 2. The first-order chi connectivity index (χ1) is 12.9. The third-order valence-corrected chi connectivity index (χ3v) is 4.78. The van der Waals surface area contributed by atoms with Crippen LogP contribution in [0.2, 0.25) is 0 Å². The number of hydrogen-bond donors (Lipinski definition) is 1. The van der Waals surface area contributed by atoms with Gasteiger partial charge in [-0.3, -0.25) is 9.59 Å². The van der Waals surface area contributed by atoms with Crippen molar-refractivity contribution >= 4 is 16.8 Å². The van der Waals surface area contributed by atoms with Gasteiger partial charge in [-0.2, -0.15) is 0 Å². The Kier molecular flexibility index (Phi) is 5.31. The summed E-state index contributed by atoms with van der Waals surface area (Å²) in [6.45, 7) is 6.50. The van der Waals surface area contributed by atoms with E-state index in [0.717, 1.165) is 22.4 Å². The van der Waals surface area contributed by atoms with Gasteiger partial charge in [0.05, 0.1) is 18.7 Å². The number of hydrogen-bond acceptors (Lipinski definition) is 3. The fourth-order valence-electron chi connectivity index (χ4n) is 3.18. The second-order valence-corrected chi connectivity index (χ2v) is 6.65. The van der Waals surface area contributed by atoms with Crippen molar-refractivity contribution in [2.45, 2.75) is 33.4 Å². The first-order valence-corrected chi connectivity index (χ1v) is 9.03. The van der Waals surface area contributed by atoms with Crippen molar-refractivity contribution in [3.63, 3.8) is 0 Å². The van der Waals surface area contributed by atoms with Crippen molar-refractivity contribution in [2.75, 3.05) is 7.11 Å². The quantitative estimate of drug-likeness (QED) is 0.748. The average molecular weight is 364 g/mol. The highest BCUT2D eigenvalue weighted by molar-refractivity contribution is 5.97. The molecule has 2 aromatic carbocycles. The van der Waals surface area contributed by atoms with Gasteiger partial charge in [-0.25, -0.2) is 0 Å². The largest absolute Gasteiger partial charge is 0.497 e. The molecule has 1 atom stereocenters. The highest BCUT2D eigenvalue weighted by Crippen LogP contribution is 2.18. The van der Waals surface area contributed by atoms with Crippen molar-refractivity contribution in [1.29, 1.82) is 0 Å². The summed E-state index contributed by atoms with van der Waals surface area (Å²) in [5, 5.41) is 3.50. The number of nitrogens with zero attached hydrogens (tertiary/aromatic N) is 1. The molecule has 1 heterocycles. The van der Waals surface area contributed by atoms with E-state index in [9.17, 15) is 9.59 Å². The third kappa shape index (κ3) is 3.72. The summed E-state index contributed by atoms with van der Waals surface area (Å²) in [5.74, 6) is 0.391. The van der Waals surface area contributed by atoms with Crippen molar-refractivity contribution in [3.05, 3.63) is 75.6 Å². The minimum Gasteiger partial charge on any atom is -0.497 e. The number of carbonyl (C=O) groups is 1. The van der Waals surface area contributed by atoms with Gasteiger partial charge < -0.3 is 14.6 Å². The number of rotatable bonds is 5. The molecule has 0 aliphatic carbocycles. The fraction of sp³-hybridized carbons (Fsp3) is 0.273. The number of ether oxygens (including phenoxy) is 1. The molecule has 0 aliphatic rings. The Morgan fingerprint density at radius 3 is 2.52 bits per heavy atom. The Morgan fingerprint density at radius 1 is 1.19 bits per heavy atom. The SMILES string of the molecule is CCn1cc(C(=O)N[C@@H](C)c2ccc(OC)cc2)c(=O)c2cc(C)ccc21. The number of nitrogens with one attached hydrogen (secondary N) is 1. The minimum absolute atomic E-state index is 0.162. The summed E-state index contributed by atoms with van der Waals surface area (Å²) in [6, 6.07) is 13.0. The maximum Gasteiger partial charge on any atom is 0.257 e. The molecule has 0 spiro atoms. The van der Waals surface area contributed by atoms with Crippen LogP contribution in [-0.2, 0) is 6.54 Å². The molecule has 0 bridgehead atoms. The summed E-state index contributed by atoms with van der Waals surface area (Å²) in [6.07, 6.45) is 1.65. The molecule has 27 heavy (non-hydrogen) atoms. The van der Waals surface area contributed by atoms with Gasteiger partial charge in [0, 0.05) is 18.1 Å². The van der Waals surface area contributed by atoms with E-state index in [2.05, 4.69) is 5.32 Å². The van der Waals surface area contributed by atoms with E-state index in [1.165, 1.54) is 0 Å². The van der Waals surface area contributed by atoms with Crippen LogP contribution < -0.4 is 15.5 Å². The minimum atomic E-state index is -0.367. The van der Waals surface area contributed by atoms with Gasteiger partial charge in [0.1, 0.15) is 11.3 Å². The van der Waals surface area contributed by atoms with Crippen LogP contribution in [0.15, 0.2) is 53.5 Å². The zero-order chi connectivity index (χ0) is 19.6. The number of amides is 1. The van der Waals surface area contributed by atoms with E-state index >= 15 is 0 Å². The number of aromatic nitrogens is 1. The standard InChI is InChI=1S/C22H24N2O3/c1-5-24-13-19(21(25)18-12-14(2)6-11-20(18)24)22(26)23-15(3)16-7-9-17(27-4)10-8-16/h6-13,15H,5H2,1-4H3,(H,23,26)/t15-/m0/s1. The van der Waals surface area contributed by atoms with Crippen LogP contribution in [-0.4, -0.2) is 17.6 Å². The monoisotopic (exact) mass is 364 g/mol. The molecule has 1 amide bonds. The number of carbonyl (C=O) groups excluding carboxylic acids is 1. The summed E-state index contributed by atoms with van der Waals surface area (Å²) >= 11 is 0. The van der Waals surface area contributed by atoms with E-state index < -0.39 is 0 Å². The second kappa shape index (κ2) is 7.66. The number of methoxy groups -OCH3 is 1. The Hall–Kier alpha value is -3.08. The third-order valence-electron chi connectivity index (χ3n) is 4.78. The first-order valence-electron chi connectivity index (χ1n) is 9.03. The van der Waals surface area contributed by atoms with Crippen LogP contribution in [0.1, 0.15) is 41.4 Å².